The number of esters is 1. The van der Waals surface area contributed by atoms with Crippen LogP contribution < -0.4 is 14.8 Å². The van der Waals surface area contributed by atoms with Gasteiger partial charge in [0, 0.05) is 12.6 Å². The molecule has 26 heavy (non-hydrogen) atoms. The first-order valence-electron chi connectivity index (χ1n) is 7.95. The van der Waals surface area contributed by atoms with E-state index in [-0.39, 0.29) is 22.9 Å². The molecule has 1 saturated carbocycles. The Morgan fingerprint density at radius 1 is 1.23 bits per heavy atom. The average molecular weight is 365 g/mol. The SMILES string of the molecule is COC(=O)c1cc(Oc2cnc(NCC3CC3)cn2)cc(OC(F)F)c1. The van der Waals surface area contributed by atoms with Crippen LogP contribution in [0.5, 0.6) is 17.4 Å². The highest BCUT2D eigenvalue weighted by molar-refractivity contribution is 5.90. The Labute approximate surface area is 148 Å². The number of hydrogen-bond donors (Lipinski definition) is 1. The van der Waals surface area contributed by atoms with Gasteiger partial charge in [-0.15, -0.1) is 0 Å². The van der Waals surface area contributed by atoms with Gasteiger partial charge in [0.25, 0.3) is 0 Å². The van der Waals surface area contributed by atoms with Crippen LogP contribution in [0.2, 0.25) is 0 Å². The van der Waals surface area contributed by atoms with Gasteiger partial charge >= 0.3 is 12.6 Å². The normalized spacial score (nSPS) is 13.4. The predicted octanol–water partition coefficient (Wildman–Crippen LogP) is 3.48. The van der Waals surface area contributed by atoms with Crippen molar-refractivity contribution in [1.29, 1.82) is 0 Å². The van der Waals surface area contributed by atoms with Gasteiger partial charge in [0.1, 0.15) is 17.3 Å². The number of rotatable bonds is 8. The van der Waals surface area contributed by atoms with Gasteiger partial charge in [-0.1, -0.05) is 0 Å². The van der Waals surface area contributed by atoms with Crippen LogP contribution in [-0.2, 0) is 4.74 Å². The highest BCUT2D eigenvalue weighted by Gasteiger charge is 2.20. The smallest absolute Gasteiger partial charge is 0.387 e. The molecule has 1 aliphatic carbocycles. The number of methoxy groups -OCH3 is 1. The number of carbonyl (C=O) groups excluding carboxylic acids is 1. The minimum Gasteiger partial charge on any atom is -0.465 e. The Bertz CT molecular complexity index is 767. The summed E-state index contributed by atoms with van der Waals surface area (Å²) in [5, 5.41) is 3.17. The number of anilines is 1. The number of hydrogen-bond acceptors (Lipinski definition) is 7. The third-order valence-corrected chi connectivity index (χ3v) is 3.65. The summed E-state index contributed by atoms with van der Waals surface area (Å²) in [5.74, 6) is 0.619. The quantitative estimate of drug-likeness (QED) is 0.717. The third-order valence-electron chi connectivity index (χ3n) is 3.65. The first kappa shape index (κ1) is 17.8. The fourth-order valence-electron chi connectivity index (χ4n) is 2.19. The Hall–Kier alpha value is -2.97. The Morgan fingerprint density at radius 2 is 2.00 bits per heavy atom. The van der Waals surface area contributed by atoms with Crippen molar-refractivity contribution in [1.82, 2.24) is 9.97 Å². The predicted molar refractivity (Wildman–Crippen MR) is 87.7 cm³/mol. The lowest BCUT2D eigenvalue weighted by Gasteiger charge is -2.11. The Kier molecular flexibility index (Phi) is 5.45. The van der Waals surface area contributed by atoms with E-state index in [1.807, 2.05) is 0 Å². The van der Waals surface area contributed by atoms with Gasteiger partial charge in [0.15, 0.2) is 0 Å². The number of carbonyl (C=O) groups is 1. The van der Waals surface area contributed by atoms with Crippen LogP contribution in [-0.4, -0.2) is 36.2 Å². The molecule has 0 spiro atoms. The summed E-state index contributed by atoms with van der Waals surface area (Å²) in [7, 11) is 1.18. The third kappa shape index (κ3) is 5.01. The van der Waals surface area contributed by atoms with E-state index in [0.717, 1.165) is 12.6 Å². The molecule has 1 heterocycles. The second kappa shape index (κ2) is 7.94. The van der Waals surface area contributed by atoms with Crippen LogP contribution in [0, 0.1) is 5.92 Å². The molecule has 0 unspecified atom stereocenters. The zero-order valence-corrected chi connectivity index (χ0v) is 13.9. The molecule has 1 aromatic carbocycles. The highest BCUT2D eigenvalue weighted by Crippen LogP contribution is 2.29. The van der Waals surface area contributed by atoms with E-state index in [2.05, 4.69) is 24.8 Å². The molecule has 1 fully saturated rings. The lowest BCUT2D eigenvalue weighted by atomic mass is 10.2. The van der Waals surface area contributed by atoms with Gasteiger partial charge in [-0.2, -0.15) is 8.78 Å². The minimum atomic E-state index is -3.03. The molecule has 0 aliphatic heterocycles. The molecule has 0 saturated heterocycles. The van der Waals surface area contributed by atoms with Crippen molar-refractivity contribution < 1.29 is 27.8 Å². The van der Waals surface area contributed by atoms with E-state index in [1.165, 1.54) is 44.5 Å². The molecule has 7 nitrogen and oxygen atoms in total. The van der Waals surface area contributed by atoms with Crippen LogP contribution in [0.3, 0.4) is 0 Å². The summed E-state index contributed by atoms with van der Waals surface area (Å²) in [6.45, 7) is -2.18. The number of ether oxygens (including phenoxy) is 3. The average Bonchev–Trinajstić information content (AvgIpc) is 3.44. The Balaban J connectivity index is 1.73. The largest absolute Gasteiger partial charge is 0.465 e. The molecule has 0 amide bonds. The zero-order valence-electron chi connectivity index (χ0n) is 13.9. The molecular formula is C17H17F2N3O4. The van der Waals surface area contributed by atoms with Gasteiger partial charge in [-0.3, -0.25) is 0 Å². The fourth-order valence-corrected chi connectivity index (χ4v) is 2.19. The first-order chi connectivity index (χ1) is 12.5. The van der Waals surface area contributed by atoms with Crippen LogP contribution >= 0.6 is 0 Å². The van der Waals surface area contributed by atoms with Crippen LogP contribution in [0.15, 0.2) is 30.6 Å². The monoisotopic (exact) mass is 365 g/mol. The van der Waals surface area contributed by atoms with Gasteiger partial charge in [-0.25, -0.2) is 14.8 Å². The highest BCUT2D eigenvalue weighted by atomic mass is 19.3. The number of halogens is 2. The van der Waals surface area contributed by atoms with Gasteiger partial charge in [0.05, 0.1) is 25.1 Å². The van der Waals surface area contributed by atoms with E-state index < -0.39 is 12.6 Å². The fraction of sp³-hybridized carbons (Fsp3) is 0.353. The lowest BCUT2D eigenvalue weighted by molar-refractivity contribution is -0.0499. The molecule has 0 bridgehead atoms. The van der Waals surface area contributed by atoms with Gasteiger partial charge < -0.3 is 19.5 Å². The molecule has 2 aromatic rings. The number of nitrogens with one attached hydrogen (secondary N) is 1. The van der Waals surface area contributed by atoms with Crippen molar-refractivity contribution in [2.24, 2.45) is 5.92 Å². The van der Waals surface area contributed by atoms with Crippen molar-refractivity contribution in [2.45, 2.75) is 19.5 Å². The summed E-state index contributed by atoms with van der Waals surface area (Å²) in [6, 6.07) is 3.70. The summed E-state index contributed by atoms with van der Waals surface area (Å²) >= 11 is 0. The molecule has 1 aliphatic rings. The van der Waals surface area contributed by atoms with Crippen LogP contribution in [0.1, 0.15) is 23.2 Å². The molecule has 1 N–H and O–H groups in total. The molecule has 3 rings (SSSR count). The molecule has 0 radical (unpaired) electrons. The molecule has 1 aromatic heterocycles. The maximum atomic E-state index is 12.5. The zero-order chi connectivity index (χ0) is 18.5. The van der Waals surface area contributed by atoms with Gasteiger partial charge in [0.2, 0.25) is 5.88 Å². The van der Waals surface area contributed by atoms with E-state index >= 15 is 0 Å². The maximum Gasteiger partial charge on any atom is 0.387 e. The Morgan fingerprint density at radius 3 is 2.62 bits per heavy atom. The lowest BCUT2D eigenvalue weighted by Crippen LogP contribution is -2.06. The second-order valence-electron chi connectivity index (χ2n) is 5.73. The van der Waals surface area contributed by atoms with E-state index in [4.69, 9.17) is 4.74 Å². The van der Waals surface area contributed by atoms with E-state index in [1.54, 1.807) is 0 Å². The van der Waals surface area contributed by atoms with Crippen LogP contribution in [0.4, 0.5) is 14.6 Å². The molecule has 138 valence electrons. The van der Waals surface area contributed by atoms with Gasteiger partial charge in [-0.05, 0) is 30.9 Å². The maximum absolute atomic E-state index is 12.5. The first-order valence-corrected chi connectivity index (χ1v) is 7.95. The summed E-state index contributed by atoms with van der Waals surface area (Å²) in [4.78, 5) is 20.0. The molecule has 0 atom stereocenters. The summed E-state index contributed by atoms with van der Waals surface area (Å²) in [6.07, 6.45) is 5.36. The number of aromatic nitrogens is 2. The van der Waals surface area contributed by atoms with Crippen molar-refractivity contribution in [3.05, 3.63) is 36.2 Å². The summed E-state index contributed by atoms with van der Waals surface area (Å²) in [5.41, 5.74) is 0.0105. The number of benzene rings is 1. The van der Waals surface area contributed by atoms with E-state index in [0.29, 0.717) is 11.7 Å². The van der Waals surface area contributed by atoms with Crippen molar-refractivity contribution in [3.8, 4) is 17.4 Å². The summed E-state index contributed by atoms with van der Waals surface area (Å²) < 4.78 is 39.4. The van der Waals surface area contributed by atoms with Crippen molar-refractivity contribution in [2.75, 3.05) is 19.0 Å². The number of nitrogens with zero attached hydrogens (tertiary/aromatic N) is 2. The molecular weight excluding hydrogens is 348 g/mol. The van der Waals surface area contributed by atoms with E-state index in [9.17, 15) is 13.6 Å². The van der Waals surface area contributed by atoms with Crippen molar-refractivity contribution >= 4 is 11.8 Å². The van der Waals surface area contributed by atoms with Crippen LogP contribution in [0.25, 0.3) is 0 Å². The molecule has 9 heteroatoms. The topological polar surface area (TPSA) is 82.6 Å². The van der Waals surface area contributed by atoms with Crippen molar-refractivity contribution in [3.63, 3.8) is 0 Å². The second-order valence-corrected chi connectivity index (χ2v) is 5.73. The standard InChI is InChI=1S/C17H17F2N3O4/c1-24-16(23)11-4-12(6-13(5-11)26-17(18)19)25-15-9-21-14(8-22-15)20-7-10-2-3-10/h4-6,8-10,17H,2-3,7H2,1H3,(H,20,21). The number of alkyl halides is 2. The minimum absolute atomic E-state index is 0.0105.